The molecule has 0 spiro atoms. The van der Waals surface area contributed by atoms with E-state index in [4.69, 9.17) is 36.5 Å². The van der Waals surface area contributed by atoms with Gasteiger partial charge in [-0.05, 0) is 45.2 Å². The van der Waals surface area contributed by atoms with Crippen molar-refractivity contribution < 1.29 is 31.8 Å². The molecule has 42 heavy (non-hydrogen) atoms. The van der Waals surface area contributed by atoms with E-state index in [2.05, 4.69) is 20.2 Å². The Morgan fingerprint density at radius 3 is 2.71 bits per heavy atom. The predicted octanol–water partition coefficient (Wildman–Crippen LogP) is 5.04. The number of nitrogens with one attached hydrogen (secondary N) is 1. The van der Waals surface area contributed by atoms with Crippen LogP contribution in [0.2, 0.25) is 5.02 Å². The Morgan fingerprint density at radius 2 is 2.02 bits per heavy atom. The molecule has 7 rings (SSSR count). The Morgan fingerprint density at radius 1 is 1.26 bits per heavy atom. The first-order chi connectivity index (χ1) is 19.8. The number of piperazine rings is 1. The second-order valence-electron chi connectivity index (χ2n) is 11.8. The fraction of sp³-hybridized carbons (Fsp3) is 0.536. The molecule has 0 radical (unpaired) electrons. The number of pyridine rings is 1. The van der Waals surface area contributed by atoms with Crippen molar-refractivity contribution in [3.8, 4) is 23.0 Å². The standard InChI is InChI=1S/C28H29ClF4N6O3/c1-11-8-15(34)36-21(18(11)28(31,32)33)16-19(29)24-17-22(20(16)30)37-26(40-10-27(3)6-7-41-27)38-25(17)39-9-13-4-5-14(35-13)23(39)12(2)42-24/h8,12-14,23,35H,4-7,9-10H2,1-3H3,(H2,34,36)/t12-,13+,14-,23+,27?/m0/s1. The zero-order chi connectivity index (χ0) is 29.7. The van der Waals surface area contributed by atoms with Crippen molar-refractivity contribution >= 4 is 34.1 Å². The van der Waals surface area contributed by atoms with Crippen molar-refractivity contribution in [2.45, 2.75) is 76.0 Å². The van der Waals surface area contributed by atoms with Gasteiger partial charge in [0.05, 0.1) is 39.9 Å². The molecule has 5 atom stereocenters. The highest BCUT2D eigenvalue weighted by Gasteiger charge is 2.48. The summed E-state index contributed by atoms with van der Waals surface area (Å²) in [5.41, 5.74) is 2.34. The van der Waals surface area contributed by atoms with Crippen LogP contribution in [0.5, 0.6) is 11.8 Å². The maximum Gasteiger partial charge on any atom is 0.418 e. The zero-order valence-electron chi connectivity index (χ0n) is 23.1. The van der Waals surface area contributed by atoms with Gasteiger partial charge in [0.15, 0.2) is 11.6 Å². The summed E-state index contributed by atoms with van der Waals surface area (Å²) in [6.45, 7) is 6.26. The molecule has 6 heterocycles. The summed E-state index contributed by atoms with van der Waals surface area (Å²) in [4.78, 5) is 15.1. The molecule has 4 aliphatic rings. The number of halogens is 5. The number of ether oxygens (including phenoxy) is 3. The topological polar surface area (TPSA) is 108 Å². The van der Waals surface area contributed by atoms with Gasteiger partial charge < -0.3 is 30.2 Å². The Bertz CT molecular complexity index is 1620. The lowest BCUT2D eigenvalue weighted by Crippen LogP contribution is -2.62. The third kappa shape index (κ3) is 4.22. The van der Waals surface area contributed by atoms with E-state index in [-0.39, 0.29) is 63.8 Å². The molecule has 1 aromatic carbocycles. The molecule has 3 saturated heterocycles. The molecule has 4 aliphatic heterocycles. The summed E-state index contributed by atoms with van der Waals surface area (Å²) in [6, 6.07) is 0.991. The van der Waals surface area contributed by atoms with E-state index < -0.39 is 40.5 Å². The van der Waals surface area contributed by atoms with Crippen molar-refractivity contribution in [2.75, 3.05) is 30.4 Å². The second kappa shape index (κ2) is 9.42. The second-order valence-corrected chi connectivity index (χ2v) is 12.2. The number of anilines is 2. The Balaban J connectivity index is 1.50. The van der Waals surface area contributed by atoms with Crippen LogP contribution in [0.25, 0.3) is 22.2 Å². The van der Waals surface area contributed by atoms with Gasteiger partial charge in [0.25, 0.3) is 0 Å². The molecule has 0 amide bonds. The highest BCUT2D eigenvalue weighted by molar-refractivity contribution is 6.36. The van der Waals surface area contributed by atoms with Crippen LogP contribution in [-0.4, -0.2) is 64.5 Å². The maximum absolute atomic E-state index is 16.7. The fourth-order valence-electron chi connectivity index (χ4n) is 6.75. The first-order valence-electron chi connectivity index (χ1n) is 13.9. The highest BCUT2D eigenvalue weighted by atomic mass is 35.5. The van der Waals surface area contributed by atoms with E-state index in [9.17, 15) is 13.2 Å². The monoisotopic (exact) mass is 608 g/mol. The summed E-state index contributed by atoms with van der Waals surface area (Å²) in [5.74, 6) is -0.968. The van der Waals surface area contributed by atoms with Crippen LogP contribution in [0.15, 0.2) is 6.07 Å². The largest absolute Gasteiger partial charge is 0.486 e. The van der Waals surface area contributed by atoms with Crippen LogP contribution < -0.4 is 25.4 Å². The van der Waals surface area contributed by atoms with Gasteiger partial charge in [-0.15, -0.1) is 0 Å². The summed E-state index contributed by atoms with van der Waals surface area (Å²) in [6.07, 6.45) is -2.74. The first-order valence-corrected chi connectivity index (χ1v) is 14.3. The molecule has 3 N–H and O–H groups in total. The Labute approximate surface area is 243 Å². The average Bonchev–Trinajstić information content (AvgIpc) is 3.21. The zero-order valence-corrected chi connectivity index (χ0v) is 23.9. The number of nitrogens with zero attached hydrogens (tertiary/aromatic N) is 4. The summed E-state index contributed by atoms with van der Waals surface area (Å²) in [7, 11) is 0. The number of aromatic nitrogens is 3. The number of nitrogens with two attached hydrogens (primary N) is 1. The van der Waals surface area contributed by atoms with Crippen LogP contribution in [-0.2, 0) is 10.9 Å². The van der Waals surface area contributed by atoms with Gasteiger partial charge in [-0.25, -0.2) is 9.37 Å². The number of alkyl halides is 3. The molecule has 224 valence electrons. The number of hydrogen-bond acceptors (Lipinski definition) is 9. The third-order valence-corrected chi connectivity index (χ3v) is 9.17. The molecule has 2 bridgehead atoms. The van der Waals surface area contributed by atoms with Gasteiger partial charge in [-0.1, -0.05) is 11.6 Å². The van der Waals surface area contributed by atoms with Gasteiger partial charge in [0.2, 0.25) is 0 Å². The minimum atomic E-state index is -4.87. The lowest BCUT2D eigenvalue weighted by molar-refractivity contribution is -0.153. The Kier molecular flexibility index (Phi) is 6.20. The molecule has 1 unspecified atom stereocenters. The van der Waals surface area contributed by atoms with Crippen LogP contribution >= 0.6 is 11.6 Å². The first kappa shape index (κ1) is 27.7. The van der Waals surface area contributed by atoms with Gasteiger partial charge >= 0.3 is 12.2 Å². The van der Waals surface area contributed by atoms with Crippen LogP contribution in [0.4, 0.5) is 29.2 Å². The minimum absolute atomic E-state index is 0.00770. The number of rotatable bonds is 4. The van der Waals surface area contributed by atoms with Crippen molar-refractivity contribution in [3.05, 3.63) is 28.0 Å². The van der Waals surface area contributed by atoms with E-state index in [1.54, 1.807) is 0 Å². The lowest BCUT2D eigenvalue weighted by Gasteiger charge is -2.43. The predicted molar refractivity (Wildman–Crippen MR) is 148 cm³/mol. The fourth-order valence-corrected chi connectivity index (χ4v) is 7.06. The number of hydrogen-bond donors (Lipinski definition) is 2. The maximum atomic E-state index is 16.7. The molecule has 3 aromatic rings. The van der Waals surface area contributed by atoms with Crippen molar-refractivity contribution in [1.82, 2.24) is 20.3 Å². The molecule has 0 saturated carbocycles. The van der Waals surface area contributed by atoms with Crippen molar-refractivity contribution in [3.63, 3.8) is 0 Å². The molecule has 3 fully saturated rings. The average molecular weight is 609 g/mol. The van der Waals surface area contributed by atoms with Gasteiger partial charge in [0.1, 0.15) is 35.5 Å². The van der Waals surface area contributed by atoms with Crippen molar-refractivity contribution in [1.29, 1.82) is 0 Å². The quantitative estimate of drug-likeness (QED) is 0.394. The van der Waals surface area contributed by atoms with Gasteiger partial charge in [0, 0.05) is 25.0 Å². The Hall–Kier alpha value is -3.16. The van der Waals surface area contributed by atoms with E-state index in [0.29, 0.717) is 19.0 Å². The lowest BCUT2D eigenvalue weighted by atomic mass is 9.98. The van der Waals surface area contributed by atoms with Crippen LogP contribution in [0.1, 0.15) is 44.2 Å². The van der Waals surface area contributed by atoms with Gasteiger partial charge in [-0.2, -0.15) is 23.1 Å². The molecule has 9 nitrogen and oxygen atoms in total. The van der Waals surface area contributed by atoms with E-state index in [0.717, 1.165) is 25.3 Å². The number of benzene rings is 1. The summed E-state index contributed by atoms with van der Waals surface area (Å²) < 4.78 is 77.7. The SMILES string of the molecule is Cc1cc(N)nc(-c2c(Cl)c3c4c(nc(OCC5(C)CCO5)nc4c2F)N2C[C@H]4CC[C@H](N4)[C@H]2[C@H](C)O3)c1C(F)(F)F. The smallest absolute Gasteiger partial charge is 0.418 e. The number of aryl methyl sites for hydroxylation is 1. The van der Waals surface area contributed by atoms with E-state index in [1.165, 1.54) is 6.92 Å². The molecular formula is C28H29ClF4N6O3. The van der Waals surface area contributed by atoms with Gasteiger partial charge in [-0.3, -0.25) is 0 Å². The third-order valence-electron chi connectivity index (χ3n) is 8.81. The van der Waals surface area contributed by atoms with E-state index >= 15 is 4.39 Å². The number of nitrogen functional groups attached to an aromatic ring is 1. The molecule has 2 aromatic heterocycles. The highest BCUT2D eigenvalue weighted by Crippen LogP contribution is 2.52. The molecule has 14 heteroatoms. The molecular weight excluding hydrogens is 580 g/mol. The molecule has 0 aliphatic carbocycles. The van der Waals surface area contributed by atoms with Crippen LogP contribution in [0.3, 0.4) is 0 Å². The summed E-state index contributed by atoms with van der Waals surface area (Å²) in [5, 5.41) is 3.42. The van der Waals surface area contributed by atoms with Crippen LogP contribution in [0, 0.1) is 12.7 Å². The number of fused-ring (bicyclic) bond motifs is 5. The normalized spacial score (nSPS) is 28.2. The van der Waals surface area contributed by atoms with E-state index in [1.807, 2.05) is 13.8 Å². The summed E-state index contributed by atoms with van der Waals surface area (Å²) >= 11 is 6.81. The minimum Gasteiger partial charge on any atom is -0.486 e. The van der Waals surface area contributed by atoms with Crippen molar-refractivity contribution in [2.24, 2.45) is 0 Å².